The lowest BCUT2D eigenvalue weighted by molar-refractivity contribution is 0.102. The summed E-state index contributed by atoms with van der Waals surface area (Å²) in [6, 6.07) is 9.64. The Hall–Kier alpha value is -3.90. The first kappa shape index (κ1) is 22.3. The third kappa shape index (κ3) is 5.87. The molecule has 0 bridgehead atoms. The van der Waals surface area contributed by atoms with E-state index in [0.29, 0.717) is 17.3 Å². The van der Waals surface area contributed by atoms with Crippen LogP contribution in [-0.2, 0) is 16.6 Å². The standard InChI is InChI=1S/C20H18ClN7O4S/c1-33(30,31)27-17-8-14(21)7-16(9-17)25-20(29)13-10-24-28(11-13)19-18(3-2-5-22-19)32-12-15-4-6-23-26-15/h2-11,27H,12H2,1H3,(H,23,26)(H,25,29). The zero-order valence-electron chi connectivity index (χ0n) is 17.2. The van der Waals surface area contributed by atoms with E-state index in [4.69, 9.17) is 16.3 Å². The molecule has 1 aromatic carbocycles. The first-order chi connectivity index (χ1) is 15.8. The van der Waals surface area contributed by atoms with Crippen LogP contribution in [0.15, 0.2) is 61.2 Å². The maximum Gasteiger partial charge on any atom is 0.258 e. The van der Waals surface area contributed by atoms with Crippen molar-refractivity contribution in [2.24, 2.45) is 0 Å². The van der Waals surface area contributed by atoms with E-state index >= 15 is 0 Å². The number of amides is 1. The fourth-order valence-corrected chi connectivity index (χ4v) is 3.66. The Balaban J connectivity index is 1.51. The van der Waals surface area contributed by atoms with Gasteiger partial charge < -0.3 is 10.1 Å². The number of pyridine rings is 1. The number of carbonyl (C=O) groups is 1. The van der Waals surface area contributed by atoms with Crippen molar-refractivity contribution in [3.05, 3.63) is 77.5 Å². The summed E-state index contributed by atoms with van der Waals surface area (Å²) < 4.78 is 32.5. The number of aromatic nitrogens is 5. The fraction of sp³-hybridized carbons (Fsp3) is 0.100. The highest BCUT2D eigenvalue weighted by Gasteiger charge is 2.15. The molecule has 13 heteroatoms. The monoisotopic (exact) mass is 487 g/mol. The summed E-state index contributed by atoms with van der Waals surface area (Å²) in [6.07, 6.45) is 7.11. The number of anilines is 2. The molecule has 0 saturated carbocycles. The molecule has 0 unspecified atom stereocenters. The number of rotatable bonds is 8. The van der Waals surface area contributed by atoms with E-state index in [1.54, 1.807) is 30.6 Å². The van der Waals surface area contributed by atoms with E-state index in [1.807, 2.05) is 0 Å². The summed E-state index contributed by atoms with van der Waals surface area (Å²) >= 11 is 6.05. The molecule has 0 fully saturated rings. The summed E-state index contributed by atoms with van der Waals surface area (Å²) in [6.45, 7) is 0.256. The van der Waals surface area contributed by atoms with Crippen LogP contribution in [0.25, 0.3) is 5.82 Å². The van der Waals surface area contributed by atoms with Gasteiger partial charge in [-0.3, -0.25) is 14.6 Å². The zero-order valence-corrected chi connectivity index (χ0v) is 18.8. The predicted octanol–water partition coefficient (Wildman–Crippen LogP) is 2.85. The van der Waals surface area contributed by atoms with E-state index in [0.717, 1.165) is 11.9 Å². The zero-order chi connectivity index (χ0) is 23.4. The van der Waals surface area contributed by atoms with Gasteiger partial charge >= 0.3 is 0 Å². The van der Waals surface area contributed by atoms with E-state index in [2.05, 4.69) is 30.3 Å². The molecule has 3 heterocycles. The highest BCUT2D eigenvalue weighted by molar-refractivity contribution is 7.92. The first-order valence-corrected chi connectivity index (χ1v) is 11.7. The Morgan fingerprint density at radius 1 is 1.21 bits per heavy atom. The van der Waals surface area contributed by atoms with Gasteiger partial charge in [-0.2, -0.15) is 10.2 Å². The molecular formula is C20H18ClN7O4S. The van der Waals surface area contributed by atoms with Crippen molar-refractivity contribution in [3.63, 3.8) is 0 Å². The molecule has 170 valence electrons. The normalized spacial score (nSPS) is 11.2. The molecule has 0 radical (unpaired) electrons. The number of carbonyl (C=O) groups excluding carboxylic acids is 1. The quantitative estimate of drug-likeness (QED) is 0.346. The van der Waals surface area contributed by atoms with Crippen molar-refractivity contribution in [1.29, 1.82) is 0 Å². The van der Waals surface area contributed by atoms with Crippen molar-refractivity contribution in [1.82, 2.24) is 25.0 Å². The molecule has 3 N–H and O–H groups in total. The molecule has 4 aromatic rings. The second kappa shape index (κ2) is 9.30. The molecule has 0 spiro atoms. The summed E-state index contributed by atoms with van der Waals surface area (Å²) in [7, 11) is -3.50. The van der Waals surface area contributed by atoms with Gasteiger partial charge in [-0.1, -0.05) is 11.6 Å². The van der Waals surface area contributed by atoms with E-state index in [-0.39, 0.29) is 22.9 Å². The van der Waals surface area contributed by atoms with E-state index in [1.165, 1.54) is 35.3 Å². The average molecular weight is 488 g/mol. The van der Waals surface area contributed by atoms with Gasteiger partial charge in [0.05, 0.1) is 29.4 Å². The lowest BCUT2D eigenvalue weighted by Crippen LogP contribution is -2.13. The largest absolute Gasteiger partial charge is 0.483 e. The molecule has 4 rings (SSSR count). The molecule has 3 aromatic heterocycles. The van der Waals surface area contributed by atoms with Crippen LogP contribution in [0.2, 0.25) is 5.02 Å². The summed E-state index contributed by atoms with van der Waals surface area (Å²) in [5, 5.41) is 13.8. The molecule has 0 atom stereocenters. The lowest BCUT2D eigenvalue weighted by Gasteiger charge is -2.10. The number of benzene rings is 1. The minimum Gasteiger partial charge on any atom is -0.483 e. The fourth-order valence-electron chi connectivity index (χ4n) is 2.88. The predicted molar refractivity (Wildman–Crippen MR) is 122 cm³/mol. The Morgan fingerprint density at radius 3 is 2.79 bits per heavy atom. The van der Waals surface area contributed by atoms with Crippen LogP contribution in [0.1, 0.15) is 16.1 Å². The van der Waals surface area contributed by atoms with Crippen molar-refractivity contribution in [2.75, 3.05) is 16.3 Å². The van der Waals surface area contributed by atoms with Crippen LogP contribution in [0, 0.1) is 0 Å². The van der Waals surface area contributed by atoms with Gasteiger partial charge in [-0.05, 0) is 36.4 Å². The molecule has 33 heavy (non-hydrogen) atoms. The number of H-pyrrole nitrogens is 1. The number of nitrogens with zero attached hydrogens (tertiary/aromatic N) is 4. The molecule has 0 aliphatic rings. The maximum atomic E-state index is 12.7. The topological polar surface area (TPSA) is 144 Å². The average Bonchev–Trinajstić information content (AvgIpc) is 3.43. The van der Waals surface area contributed by atoms with Crippen LogP contribution in [0.3, 0.4) is 0 Å². The molecular weight excluding hydrogens is 470 g/mol. The Morgan fingerprint density at radius 2 is 2.03 bits per heavy atom. The summed E-state index contributed by atoms with van der Waals surface area (Å²) in [4.78, 5) is 17.0. The highest BCUT2D eigenvalue weighted by Crippen LogP contribution is 2.24. The van der Waals surface area contributed by atoms with Gasteiger partial charge in [-0.15, -0.1) is 0 Å². The minimum atomic E-state index is -3.50. The van der Waals surface area contributed by atoms with Crippen molar-refractivity contribution < 1.29 is 17.9 Å². The van der Waals surface area contributed by atoms with Crippen LogP contribution < -0.4 is 14.8 Å². The molecule has 11 nitrogen and oxygen atoms in total. The summed E-state index contributed by atoms with van der Waals surface area (Å²) in [5.41, 5.74) is 1.57. The molecule has 0 aliphatic carbocycles. The highest BCUT2D eigenvalue weighted by atomic mass is 35.5. The smallest absolute Gasteiger partial charge is 0.258 e. The minimum absolute atomic E-state index is 0.225. The van der Waals surface area contributed by atoms with Crippen LogP contribution in [0.4, 0.5) is 11.4 Å². The van der Waals surface area contributed by atoms with Crippen molar-refractivity contribution in [2.45, 2.75) is 6.61 Å². The van der Waals surface area contributed by atoms with Gasteiger partial charge in [0, 0.05) is 29.3 Å². The van der Waals surface area contributed by atoms with Crippen LogP contribution >= 0.6 is 11.6 Å². The number of halogens is 1. The number of hydrogen-bond donors (Lipinski definition) is 3. The molecule has 1 amide bonds. The van der Waals surface area contributed by atoms with Crippen LogP contribution in [-0.4, -0.2) is 45.5 Å². The lowest BCUT2D eigenvalue weighted by atomic mass is 10.2. The van der Waals surface area contributed by atoms with Gasteiger partial charge in [-0.25, -0.2) is 18.1 Å². The Bertz CT molecular complexity index is 1390. The van der Waals surface area contributed by atoms with Gasteiger partial charge in [0.25, 0.3) is 5.91 Å². The number of sulfonamides is 1. The third-order valence-corrected chi connectivity index (χ3v) is 5.04. The SMILES string of the molecule is CS(=O)(=O)Nc1cc(Cl)cc(NC(=O)c2cnn(-c3ncccc3OCc3ccn[nH]3)c2)c1. The third-order valence-electron chi connectivity index (χ3n) is 4.21. The molecule has 0 aliphatic heterocycles. The van der Waals surface area contributed by atoms with Gasteiger partial charge in [0.15, 0.2) is 11.6 Å². The van der Waals surface area contributed by atoms with Crippen LogP contribution in [0.5, 0.6) is 5.75 Å². The Labute approximate surface area is 193 Å². The Kier molecular flexibility index (Phi) is 6.29. The van der Waals surface area contributed by atoms with E-state index < -0.39 is 15.9 Å². The van der Waals surface area contributed by atoms with Gasteiger partial charge in [0.2, 0.25) is 10.0 Å². The van der Waals surface area contributed by atoms with Gasteiger partial charge in [0.1, 0.15) is 6.61 Å². The first-order valence-electron chi connectivity index (χ1n) is 9.48. The number of nitrogens with one attached hydrogen (secondary N) is 3. The maximum absolute atomic E-state index is 12.7. The number of hydrogen-bond acceptors (Lipinski definition) is 7. The second-order valence-corrected chi connectivity index (χ2v) is 9.11. The number of aromatic amines is 1. The second-order valence-electron chi connectivity index (χ2n) is 6.93. The molecule has 0 saturated heterocycles. The van der Waals surface area contributed by atoms with E-state index in [9.17, 15) is 13.2 Å². The van der Waals surface area contributed by atoms with Crippen molar-refractivity contribution >= 4 is 38.9 Å². The summed E-state index contributed by atoms with van der Waals surface area (Å²) in [5.74, 6) is 0.400. The van der Waals surface area contributed by atoms with Crippen molar-refractivity contribution in [3.8, 4) is 11.6 Å². The number of ether oxygens (including phenoxy) is 1.